The van der Waals surface area contributed by atoms with Crippen LogP contribution in [0.1, 0.15) is 31.0 Å². The Balaban J connectivity index is 1.89. The second-order valence-corrected chi connectivity index (χ2v) is 5.61. The topological polar surface area (TPSA) is 50.7 Å². The van der Waals surface area contributed by atoms with Crippen LogP contribution in [0.5, 0.6) is 11.5 Å². The number of nitrogens with one attached hydrogen (secondary N) is 1. The molecule has 0 aliphatic heterocycles. The van der Waals surface area contributed by atoms with Crippen LogP contribution < -0.4 is 14.8 Å². The van der Waals surface area contributed by atoms with Crippen LogP contribution in [0.15, 0.2) is 48.5 Å². The third-order valence-corrected chi connectivity index (χ3v) is 3.74. The summed E-state index contributed by atoms with van der Waals surface area (Å²) in [6.45, 7) is 4.90. The fourth-order valence-corrected chi connectivity index (χ4v) is 2.40. The second kappa shape index (κ2) is 8.56. The van der Waals surface area contributed by atoms with Crippen molar-refractivity contribution >= 4 is 0 Å². The summed E-state index contributed by atoms with van der Waals surface area (Å²) in [6.07, 6.45) is 0.00905. The quantitative estimate of drug-likeness (QED) is 0.785. The molecule has 2 atom stereocenters. The summed E-state index contributed by atoms with van der Waals surface area (Å²) in [4.78, 5) is 0. The summed E-state index contributed by atoms with van der Waals surface area (Å²) in [6, 6.07) is 15.8. The molecule has 2 unspecified atom stereocenters. The van der Waals surface area contributed by atoms with Gasteiger partial charge in [-0.1, -0.05) is 36.4 Å². The zero-order valence-corrected chi connectivity index (χ0v) is 14.0. The van der Waals surface area contributed by atoms with Gasteiger partial charge in [0, 0.05) is 12.6 Å². The van der Waals surface area contributed by atoms with E-state index >= 15 is 0 Å². The molecule has 0 fully saturated rings. The van der Waals surface area contributed by atoms with Crippen molar-refractivity contribution in [2.45, 2.75) is 32.6 Å². The van der Waals surface area contributed by atoms with Gasteiger partial charge in [0.25, 0.3) is 0 Å². The van der Waals surface area contributed by atoms with Crippen molar-refractivity contribution in [1.82, 2.24) is 5.32 Å². The van der Waals surface area contributed by atoms with E-state index in [1.807, 2.05) is 49.4 Å². The maximum atomic E-state index is 9.22. The summed E-state index contributed by atoms with van der Waals surface area (Å²) < 4.78 is 11.2. The second-order valence-electron chi connectivity index (χ2n) is 5.61. The number of aliphatic hydroxyl groups is 1. The molecule has 0 heterocycles. The SMILES string of the molecule is COc1ccccc1OC(C)CNC(C)c1cccc(CO)c1. The van der Waals surface area contributed by atoms with Gasteiger partial charge in [0.2, 0.25) is 0 Å². The smallest absolute Gasteiger partial charge is 0.161 e. The number of benzene rings is 2. The van der Waals surface area contributed by atoms with E-state index in [2.05, 4.69) is 18.3 Å². The lowest BCUT2D eigenvalue weighted by Crippen LogP contribution is -2.31. The Morgan fingerprint density at radius 1 is 1.04 bits per heavy atom. The average Bonchev–Trinajstić information content (AvgIpc) is 2.60. The van der Waals surface area contributed by atoms with Crippen LogP contribution in [-0.2, 0) is 6.61 Å². The van der Waals surface area contributed by atoms with Gasteiger partial charge in [0.15, 0.2) is 11.5 Å². The number of ether oxygens (including phenoxy) is 2. The number of rotatable bonds is 8. The fraction of sp³-hybridized carbons (Fsp3) is 0.368. The van der Waals surface area contributed by atoms with Crippen molar-refractivity contribution in [3.63, 3.8) is 0 Å². The highest BCUT2D eigenvalue weighted by molar-refractivity contribution is 5.39. The van der Waals surface area contributed by atoms with E-state index in [-0.39, 0.29) is 18.8 Å². The molecule has 0 aromatic heterocycles. The number of methoxy groups -OCH3 is 1. The average molecular weight is 315 g/mol. The Morgan fingerprint density at radius 3 is 2.48 bits per heavy atom. The van der Waals surface area contributed by atoms with Gasteiger partial charge in [-0.3, -0.25) is 0 Å². The van der Waals surface area contributed by atoms with Crippen LogP contribution in [0.4, 0.5) is 0 Å². The third-order valence-electron chi connectivity index (χ3n) is 3.74. The van der Waals surface area contributed by atoms with E-state index in [4.69, 9.17) is 9.47 Å². The van der Waals surface area contributed by atoms with Gasteiger partial charge in [-0.25, -0.2) is 0 Å². The van der Waals surface area contributed by atoms with Gasteiger partial charge >= 0.3 is 0 Å². The lowest BCUT2D eigenvalue weighted by Gasteiger charge is -2.20. The van der Waals surface area contributed by atoms with Crippen molar-refractivity contribution in [3.05, 3.63) is 59.7 Å². The molecule has 4 nitrogen and oxygen atoms in total. The summed E-state index contributed by atoms with van der Waals surface area (Å²) in [5.74, 6) is 1.49. The fourth-order valence-electron chi connectivity index (χ4n) is 2.40. The van der Waals surface area contributed by atoms with E-state index < -0.39 is 0 Å². The maximum absolute atomic E-state index is 9.22. The van der Waals surface area contributed by atoms with E-state index in [9.17, 15) is 5.11 Å². The molecule has 0 amide bonds. The molecule has 0 bridgehead atoms. The molecule has 2 N–H and O–H groups in total. The molecule has 124 valence electrons. The summed E-state index contributed by atoms with van der Waals surface area (Å²) >= 11 is 0. The standard InChI is InChI=1S/C19H25NO3/c1-14(23-19-10-5-4-9-18(19)22-3)12-20-15(2)17-8-6-7-16(11-17)13-21/h4-11,14-15,20-21H,12-13H2,1-3H3. The molecular weight excluding hydrogens is 290 g/mol. The van der Waals surface area contributed by atoms with Gasteiger partial charge in [0.05, 0.1) is 13.7 Å². The van der Waals surface area contributed by atoms with Crippen molar-refractivity contribution < 1.29 is 14.6 Å². The first-order valence-electron chi connectivity index (χ1n) is 7.86. The molecule has 0 aliphatic rings. The lowest BCUT2D eigenvalue weighted by molar-refractivity contribution is 0.203. The van der Waals surface area contributed by atoms with Crippen molar-refractivity contribution in [1.29, 1.82) is 0 Å². The van der Waals surface area contributed by atoms with E-state index in [1.54, 1.807) is 7.11 Å². The van der Waals surface area contributed by atoms with Crippen LogP contribution in [0, 0.1) is 0 Å². The van der Waals surface area contributed by atoms with Crippen molar-refractivity contribution in [3.8, 4) is 11.5 Å². The maximum Gasteiger partial charge on any atom is 0.161 e. The normalized spacial score (nSPS) is 13.4. The Hall–Kier alpha value is -2.04. The largest absolute Gasteiger partial charge is 0.493 e. The minimum atomic E-state index is 0.00905. The Kier molecular flexibility index (Phi) is 6.44. The lowest BCUT2D eigenvalue weighted by atomic mass is 10.1. The van der Waals surface area contributed by atoms with Crippen molar-refractivity contribution in [2.24, 2.45) is 0 Å². The first-order valence-corrected chi connectivity index (χ1v) is 7.86. The predicted octanol–water partition coefficient (Wildman–Crippen LogP) is 3.31. The molecule has 2 rings (SSSR count). The zero-order valence-electron chi connectivity index (χ0n) is 14.0. The van der Waals surface area contributed by atoms with Crippen LogP contribution in [0.2, 0.25) is 0 Å². The third kappa shape index (κ3) is 4.98. The Bertz CT molecular complexity index is 615. The first kappa shape index (κ1) is 17.3. The Labute approximate surface area is 138 Å². The van der Waals surface area contributed by atoms with Gasteiger partial charge in [-0.15, -0.1) is 0 Å². The van der Waals surface area contributed by atoms with Gasteiger partial charge in [-0.2, -0.15) is 0 Å². The molecule has 0 aliphatic carbocycles. The highest BCUT2D eigenvalue weighted by Gasteiger charge is 2.11. The predicted molar refractivity (Wildman–Crippen MR) is 91.9 cm³/mol. The van der Waals surface area contributed by atoms with Crippen molar-refractivity contribution in [2.75, 3.05) is 13.7 Å². The molecule has 0 spiro atoms. The van der Waals surface area contributed by atoms with Gasteiger partial charge in [-0.05, 0) is 37.1 Å². The van der Waals surface area contributed by atoms with Crippen LogP contribution in [0.3, 0.4) is 0 Å². The molecule has 0 saturated carbocycles. The molecule has 2 aromatic rings. The molecule has 4 heteroatoms. The highest BCUT2D eigenvalue weighted by Crippen LogP contribution is 2.26. The van der Waals surface area contributed by atoms with Crippen LogP contribution in [0.25, 0.3) is 0 Å². The van der Waals surface area contributed by atoms with Gasteiger partial charge < -0.3 is 19.9 Å². The molecule has 0 saturated heterocycles. The van der Waals surface area contributed by atoms with E-state index in [0.717, 1.165) is 22.6 Å². The number of hydrogen-bond acceptors (Lipinski definition) is 4. The van der Waals surface area contributed by atoms with Crippen LogP contribution in [-0.4, -0.2) is 24.9 Å². The summed E-state index contributed by atoms with van der Waals surface area (Å²) in [5, 5.41) is 12.7. The minimum Gasteiger partial charge on any atom is -0.493 e. The molecule has 0 radical (unpaired) electrons. The first-order chi connectivity index (χ1) is 11.1. The number of aliphatic hydroxyl groups excluding tert-OH is 1. The van der Waals surface area contributed by atoms with Crippen LogP contribution >= 0.6 is 0 Å². The summed E-state index contributed by atoms with van der Waals surface area (Å²) in [7, 11) is 1.64. The minimum absolute atomic E-state index is 0.00905. The monoisotopic (exact) mass is 315 g/mol. The number of para-hydroxylation sites is 2. The zero-order chi connectivity index (χ0) is 16.7. The van der Waals surface area contributed by atoms with Gasteiger partial charge in [0.1, 0.15) is 6.10 Å². The Morgan fingerprint density at radius 2 is 1.78 bits per heavy atom. The van der Waals surface area contributed by atoms with E-state index in [1.165, 1.54) is 0 Å². The summed E-state index contributed by atoms with van der Waals surface area (Å²) in [5.41, 5.74) is 2.08. The molecule has 23 heavy (non-hydrogen) atoms. The number of hydrogen-bond donors (Lipinski definition) is 2. The highest BCUT2D eigenvalue weighted by atomic mass is 16.5. The molecular formula is C19H25NO3. The molecule has 2 aromatic carbocycles. The van der Waals surface area contributed by atoms with E-state index in [0.29, 0.717) is 6.54 Å².